The van der Waals surface area contributed by atoms with Gasteiger partial charge in [-0.3, -0.25) is 4.98 Å². The van der Waals surface area contributed by atoms with E-state index in [0.717, 1.165) is 33.6 Å². The third-order valence-corrected chi connectivity index (χ3v) is 5.31. The van der Waals surface area contributed by atoms with E-state index in [9.17, 15) is 5.11 Å². The van der Waals surface area contributed by atoms with Crippen LogP contribution in [0.4, 0.5) is 11.6 Å². The number of phenolic OH excluding ortho intramolecular Hbond substituents is 1. The van der Waals surface area contributed by atoms with E-state index in [4.69, 9.17) is 4.74 Å². The second kappa shape index (κ2) is 8.82. The summed E-state index contributed by atoms with van der Waals surface area (Å²) < 4.78 is 7.90. The highest BCUT2D eigenvalue weighted by Gasteiger charge is 2.11. The van der Waals surface area contributed by atoms with Crippen molar-refractivity contribution in [1.29, 1.82) is 0 Å². The highest BCUT2D eigenvalue weighted by Crippen LogP contribution is 2.32. The summed E-state index contributed by atoms with van der Waals surface area (Å²) in [5.74, 6) is 3.00. The monoisotopic (exact) mass is 452 g/mol. The van der Waals surface area contributed by atoms with Crippen LogP contribution < -0.4 is 10.1 Å². The van der Waals surface area contributed by atoms with Gasteiger partial charge < -0.3 is 15.2 Å². The molecule has 34 heavy (non-hydrogen) atoms. The van der Waals surface area contributed by atoms with Crippen LogP contribution in [0, 0.1) is 20.8 Å². The van der Waals surface area contributed by atoms with Crippen molar-refractivity contribution in [2.24, 2.45) is 0 Å². The van der Waals surface area contributed by atoms with E-state index in [2.05, 4.69) is 31.4 Å². The number of rotatable bonds is 6. The number of fused-ring (bicyclic) bond motifs is 1. The van der Waals surface area contributed by atoms with E-state index in [1.165, 1.54) is 0 Å². The average molecular weight is 453 g/mol. The van der Waals surface area contributed by atoms with Gasteiger partial charge in [0, 0.05) is 35.3 Å². The molecule has 8 heteroatoms. The van der Waals surface area contributed by atoms with Crippen LogP contribution in [-0.2, 0) is 6.61 Å². The molecule has 0 aliphatic carbocycles. The second-order valence-electron chi connectivity index (χ2n) is 8.16. The van der Waals surface area contributed by atoms with Gasteiger partial charge in [0.2, 0.25) is 0 Å². The van der Waals surface area contributed by atoms with Crippen molar-refractivity contribution in [3.63, 3.8) is 0 Å². The van der Waals surface area contributed by atoms with Crippen LogP contribution in [0.15, 0.2) is 67.0 Å². The van der Waals surface area contributed by atoms with Crippen LogP contribution in [0.1, 0.15) is 22.8 Å². The summed E-state index contributed by atoms with van der Waals surface area (Å²) in [6.45, 7) is 6.08. The summed E-state index contributed by atoms with van der Waals surface area (Å²) in [5, 5.41) is 17.6. The molecule has 5 aromatic rings. The van der Waals surface area contributed by atoms with Crippen molar-refractivity contribution in [3.8, 4) is 22.6 Å². The van der Waals surface area contributed by atoms with Gasteiger partial charge in [-0.05, 0) is 62.2 Å². The molecule has 4 heterocycles. The molecular formula is C26H24N6O2. The lowest BCUT2D eigenvalue weighted by Gasteiger charge is -2.12. The van der Waals surface area contributed by atoms with Crippen molar-refractivity contribution < 1.29 is 9.84 Å². The second-order valence-corrected chi connectivity index (χ2v) is 8.16. The molecule has 8 nitrogen and oxygen atoms in total. The summed E-state index contributed by atoms with van der Waals surface area (Å²) in [4.78, 5) is 13.1. The fourth-order valence-electron chi connectivity index (χ4n) is 3.83. The number of anilines is 2. The Bertz CT molecular complexity index is 1470. The van der Waals surface area contributed by atoms with Crippen LogP contribution >= 0.6 is 0 Å². The Kier molecular flexibility index (Phi) is 5.55. The fourth-order valence-corrected chi connectivity index (χ4v) is 3.83. The summed E-state index contributed by atoms with van der Waals surface area (Å²) in [6.07, 6.45) is 3.65. The third kappa shape index (κ3) is 4.66. The topological polar surface area (TPSA) is 97.5 Å². The predicted octanol–water partition coefficient (Wildman–Crippen LogP) is 5.14. The zero-order chi connectivity index (χ0) is 23.7. The number of hydrogen-bond donors (Lipinski definition) is 2. The van der Waals surface area contributed by atoms with Crippen LogP contribution in [0.25, 0.3) is 16.6 Å². The minimum Gasteiger partial charge on any atom is -0.508 e. The number of benzene rings is 1. The van der Waals surface area contributed by atoms with E-state index >= 15 is 0 Å². The van der Waals surface area contributed by atoms with E-state index in [1.807, 2.05) is 61.8 Å². The lowest BCUT2D eigenvalue weighted by Crippen LogP contribution is -1.99. The maximum absolute atomic E-state index is 9.71. The van der Waals surface area contributed by atoms with Crippen molar-refractivity contribution >= 4 is 17.2 Å². The van der Waals surface area contributed by atoms with Gasteiger partial charge in [-0.1, -0.05) is 12.1 Å². The Hall–Kier alpha value is -4.46. The van der Waals surface area contributed by atoms with Crippen LogP contribution in [0.5, 0.6) is 11.5 Å². The van der Waals surface area contributed by atoms with Crippen LogP contribution in [-0.4, -0.2) is 29.7 Å². The number of aromatic hydroxyl groups is 1. The normalized spacial score (nSPS) is 11.0. The lowest BCUT2D eigenvalue weighted by atomic mass is 10.1. The van der Waals surface area contributed by atoms with Crippen LogP contribution in [0.3, 0.4) is 0 Å². The summed E-state index contributed by atoms with van der Waals surface area (Å²) in [5.41, 5.74) is 5.52. The minimum absolute atomic E-state index is 0.214. The van der Waals surface area contributed by atoms with E-state index < -0.39 is 0 Å². The SMILES string of the molecule is Cc1cc(-c2ccn3nc(Nc4cc(C)nc(C)n4)cc3c2)c(OCc2cccc(O)c2)cn1. The number of aromatic nitrogens is 5. The molecule has 0 aliphatic heterocycles. The van der Waals surface area contributed by atoms with Crippen molar-refractivity contribution in [2.45, 2.75) is 27.4 Å². The molecule has 170 valence electrons. The molecule has 0 unspecified atom stereocenters. The Morgan fingerprint density at radius 3 is 2.65 bits per heavy atom. The Balaban J connectivity index is 1.44. The predicted molar refractivity (Wildman–Crippen MR) is 130 cm³/mol. The lowest BCUT2D eigenvalue weighted by molar-refractivity contribution is 0.305. The van der Waals surface area contributed by atoms with Crippen molar-refractivity contribution in [2.75, 3.05) is 5.32 Å². The quantitative estimate of drug-likeness (QED) is 0.368. The van der Waals surface area contributed by atoms with Gasteiger partial charge in [-0.15, -0.1) is 0 Å². The average Bonchev–Trinajstić information content (AvgIpc) is 3.19. The number of phenols is 1. The van der Waals surface area contributed by atoms with Crippen molar-refractivity contribution in [1.82, 2.24) is 24.6 Å². The van der Waals surface area contributed by atoms with Gasteiger partial charge >= 0.3 is 0 Å². The van der Waals surface area contributed by atoms with Gasteiger partial charge in [-0.2, -0.15) is 5.10 Å². The molecule has 0 aliphatic rings. The molecule has 2 N–H and O–H groups in total. The molecule has 0 bridgehead atoms. The smallest absolute Gasteiger partial charge is 0.154 e. The van der Waals surface area contributed by atoms with E-state index in [0.29, 0.717) is 29.8 Å². The van der Waals surface area contributed by atoms with Gasteiger partial charge in [-0.25, -0.2) is 14.5 Å². The highest BCUT2D eigenvalue weighted by molar-refractivity contribution is 5.75. The molecule has 5 rings (SSSR count). The zero-order valence-corrected chi connectivity index (χ0v) is 19.1. The van der Waals surface area contributed by atoms with Gasteiger partial charge in [0.05, 0.1) is 11.7 Å². The number of nitrogens with one attached hydrogen (secondary N) is 1. The summed E-state index contributed by atoms with van der Waals surface area (Å²) >= 11 is 0. The zero-order valence-electron chi connectivity index (χ0n) is 19.1. The molecule has 0 saturated carbocycles. The number of hydrogen-bond acceptors (Lipinski definition) is 7. The highest BCUT2D eigenvalue weighted by atomic mass is 16.5. The molecule has 1 aromatic carbocycles. The fraction of sp³-hybridized carbons (Fsp3) is 0.154. The van der Waals surface area contributed by atoms with Gasteiger partial charge in [0.15, 0.2) is 5.82 Å². The third-order valence-electron chi connectivity index (χ3n) is 5.31. The first-order chi connectivity index (χ1) is 16.4. The molecule has 0 fully saturated rings. The molecule has 0 saturated heterocycles. The first kappa shape index (κ1) is 21.4. The molecule has 0 amide bonds. The van der Waals surface area contributed by atoms with E-state index in [1.54, 1.807) is 24.4 Å². The summed E-state index contributed by atoms with van der Waals surface area (Å²) in [6, 6.07) is 17.0. The number of aryl methyl sites for hydroxylation is 3. The molecular weight excluding hydrogens is 428 g/mol. The Labute approximate surface area is 196 Å². The minimum atomic E-state index is 0.214. The van der Waals surface area contributed by atoms with E-state index in [-0.39, 0.29) is 5.75 Å². The van der Waals surface area contributed by atoms with Crippen molar-refractivity contribution in [3.05, 3.63) is 89.8 Å². The van der Waals surface area contributed by atoms with Gasteiger partial charge in [0.1, 0.15) is 29.7 Å². The summed E-state index contributed by atoms with van der Waals surface area (Å²) in [7, 11) is 0. The molecule has 4 aromatic heterocycles. The number of pyridine rings is 2. The first-order valence-electron chi connectivity index (χ1n) is 10.9. The number of ether oxygens (including phenoxy) is 1. The van der Waals surface area contributed by atoms with Crippen LogP contribution in [0.2, 0.25) is 0 Å². The Morgan fingerprint density at radius 1 is 0.941 bits per heavy atom. The maximum Gasteiger partial charge on any atom is 0.154 e. The maximum atomic E-state index is 9.71. The van der Waals surface area contributed by atoms with Gasteiger partial charge in [0.25, 0.3) is 0 Å². The Morgan fingerprint density at radius 2 is 1.82 bits per heavy atom. The molecule has 0 spiro atoms. The molecule has 0 atom stereocenters. The largest absolute Gasteiger partial charge is 0.508 e. The first-order valence-corrected chi connectivity index (χ1v) is 10.9. The number of nitrogens with zero attached hydrogens (tertiary/aromatic N) is 5. The molecule has 0 radical (unpaired) electrons. The standard InChI is InChI=1S/C26H24N6O2/c1-16-9-23(24(14-27-16)34-15-19-5-4-6-22(33)11-19)20-7-8-32-21(12-20)13-26(31-32)30-25-10-17(2)28-18(3)29-25/h4-14,33H,15H2,1-3H3,(H,28,29,30,31).